The van der Waals surface area contributed by atoms with Crippen molar-refractivity contribution in [3.8, 4) is 0 Å². The van der Waals surface area contributed by atoms with Crippen molar-refractivity contribution in [1.82, 2.24) is 9.55 Å². The molecule has 1 aliphatic carbocycles. The Morgan fingerprint density at radius 2 is 2.29 bits per heavy atom. The second-order valence-corrected chi connectivity index (χ2v) is 5.97. The van der Waals surface area contributed by atoms with Crippen LogP contribution < -0.4 is 5.73 Å². The summed E-state index contributed by atoms with van der Waals surface area (Å²) in [7, 11) is 0. The molecule has 1 aliphatic rings. The maximum atomic E-state index is 6.46. The molecule has 0 spiro atoms. The summed E-state index contributed by atoms with van der Waals surface area (Å²) in [6.45, 7) is 6.78. The van der Waals surface area contributed by atoms with E-state index in [-0.39, 0.29) is 11.5 Å². The normalized spacial score (nSPS) is 28.2. The lowest BCUT2D eigenvalue weighted by molar-refractivity contribution is 0.141. The van der Waals surface area contributed by atoms with Crippen molar-refractivity contribution in [2.75, 3.05) is 0 Å². The number of nitrogens with zero attached hydrogens (tertiary/aromatic N) is 2. The van der Waals surface area contributed by atoms with Crippen LogP contribution in [0.1, 0.15) is 58.3 Å². The molecule has 1 saturated carbocycles. The fraction of sp³-hybridized carbons (Fsp3) is 0.786. The first-order valence-electron chi connectivity index (χ1n) is 6.83. The fourth-order valence-electron chi connectivity index (χ4n) is 3.01. The third kappa shape index (κ3) is 2.39. The van der Waals surface area contributed by atoms with Gasteiger partial charge in [-0.05, 0) is 24.7 Å². The van der Waals surface area contributed by atoms with Crippen LogP contribution in [-0.2, 0) is 6.42 Å². The number of hydrogen-bond donors (Lipinski definition) is 1. The zero-order valence-electron chi connectivity index (χ0n) is 11.3. The van der Waals surface area contributed by atoms with Gasteiger partial charge in [0.15, 0.2) is 0 Å². The molecule has 96 valence electrons. The van der Waals surface area contributed by atoms with Crippen LogP contribution in [0.4, 0.5) is 0 Å². The Balaban J connectivity index is 2.23. The fourth-order valence-corrected chi connectivity index (χ4v) is 3.01. The van der Waals surface area contributed by atoms with Gasteiger partial charge in [-0.25, -0.2) is 4.98 Å². The molecule has 1 fully saturated rings. The van der Waals surface area contributed by atoms with Crippen molar-refractivity contribution in [1.29, 1.82) is 0 Å². The molecule has 2 unspecified atom stereocenters. The van der Waals surface area contributed by atoms with Crippen molar-refractivity contribution in [3.63, 3.8) is 0 Å². The maximum Gasteiger partial charge on any atom is 0.108 e. The summed E-state index contributed by atoms with van der Waals surface area (Å²) < 4.78 is 2.33. The number of hydrogen-bond acceptors (Lipinski definition) is 2. The van der Waals surface area contributed by atoms with Crippen LogP contribution in [0.2, 0.25) is 0 Å². The summed E-state index contributed by atoms with van der Waals surface area (Å²) in [5, 5.41) is 0. The molecule has 0 aromatic carbocycles. The minimum Gasteiger partial charge on any atom is -0.330 e. The van der Waals surface area contributed by atoms with E-state index in [2.05, 4.69) is 36.5 Å². The van der Waals surface area contributed by atoms with Gasteiger partial charge in [0.2, 0.25) is 0 Å². The van der Waals surface area contributed by atoms with Crippen LogP contribution in [0, 0.1) is 5.41 Å². The number of imidazole rings is 1. The van der Waals surface area contributed by atoms with Crippen LogP contribution in [0.3, 0.4) is 0 Å². The standard InChI is InChI=1S/C14H25N3/c1-4-6-12-16-9-10-17(12)11-7-5-8-14(2,3)13(11)15/h9-11,13H,4-8,15H2,1-3H3. The lowest BCUT2D eigenvalue weighted by Gasteiger charge is -2.42. The van der Waals surface area contributed by atoms with E-state index >= 15 is 0 Å². The summed E-state index contributed by atoms with van der Waals surface area (Å²) in [4.78, 5) is 4.47. The summed E-state index contributed by atoms with van der Waals surface area (Å²) in [6, 6.07) is 0.670. The monoisotopic (exact) mass is 235 g/mol. The Hall–Kier alpha value is -0.830. The van der Waals surface area contributed by atoms with Gasteiger partial charge in [0.25, 0.3) is 0 Å². The van der Waals surface area contributed by atoms with Crippen LogP contribution in [-0.4, -0.2) is 15.6 Å². The minimum atomic E-state index is 0.237. The summed E-state index contributed by atoms with van der Waals surface area (Å²) in [5.41, 5.74) is 6.71. The molecule has 17 heavy (non-hydrogen) atoms. The highest BCUT2D eigenvalue weighted by Crippen LogP contribution is 2.40. The third-order valence-corrected chi connectivity index (χ3v) is 4.22. The molecule has 0 bridgehead atoms. The minimum absolute atomic E-state index is 0.237. The molecule has 0 saturated heterocycles. The highest BCUT2D eigenvalue weighted by molar-refractivity contribution is 5.02. The molecule has 1 aromatic rings. The molecule has 0 amide bonds. The molecule has 0 aliphatic heterocycles. The number of aromatic nitrogens is 2. The molecule has 3 heteroatoms. The SMILES string of the molecule is CCCc1nccn1C1CCCC(C)(C)C1N. The Morgan fingerprint density at radius 3 is 3.00 bits per heavy atom. The number of rotatable bonds is 3. The van der Waals surface area contributed by atoms with Crippen molar-refractivity contribution in [3.05, 3.63) is 18.2 Å². The van der Waals surface area contributed by atoms with E-state index < -0.39 is 0 Å². The van der Waals surface area contributed by atoms with Gasteiger partial charge in [-0.15, -0.1) is 0 Å². The summed E-state index contributed by atoms with van der Waals surface area (Å²) in [6.07, 6.45) is 9.92. The summed E-state index contributed by atoms with van der Waals surface area (Å²) >= 11 is 0. The molecule has 2 rings (SSSR count). The van der Waals surface area contributed by atoms with E-state index in [0.717, 1.165) is 12.8 Å². The van der Waals surface area contributed by atoms with Gasteiger partial charge in [-0.1, -0.05) is 27.2 Å². The molecule has 2 N–H and O–H groups in total. The topological polar surface area (TPSA) is 43.8 Å². The maximum absolute atomic E-state index is 6.46. The smallest absolute Gasteiger partial charge is 0.108 e. The number of nitrogens with two attached hydrogens (primary N) is 1. The van der Waals surface area contributed by atoms with Crippen molar-refractivity contribution >= 4 is 0 Å². The molecular formula is C14H25N3. The van der Waals surface area contributed by atoms with Crippen molar-refractivity contribution in [2.24, 2.45) is 11.1 Å². The van der Waals surface area contributed by atoms with Gasteiger partial charge >= 0.3 is 0 Å². The Labute approximate surface area is 104 Å². The van der Waals surface area contributed by atoms with Crippen LogP contribution in [0.25, 0.3) is 0 Å². The first-order valence-corrected chi connectivity index (χ1v) is 6.83. The van der Waals surface area contributed by atoms with E-state index in [1.165, 1.54) is 25.1 Å². The third-order valence-electron chi connectivity index (χ3n) is 4.22. The predicted octanol–water partition coefficient (Wildman–Crippen LogP) is 2.91. The zero-order chi connectivity index (χ0) is 12.5. The lowest BCUT2D eigenvalue weighted by Crippen LogP contribution is -2.47. The van der Waals surface area contributed by atoms with Gasteiger partial charge in [0, 0.05) is 24.9 Å². The van der Waals surface area contributed by atoms with Gasteiger partial charge in [0.05, 0.1) is 6.04 Å². The Bertz CT molecular complexity index is 367. The first kappa shape index (κ1) is 12.6. The second-order valence-electron chi connectivity index (χ2n) is 5.97. The molecule has 1 heterocycles. The van der Waals surface area contributed by atoms with Gasteiger partial charge < -0.3 is 10.3 Å². The van der Waals surface area contributed by atoms with Gasteiger partial charge in [-0.2, -0.15) is 0 Å². The first-order chi connectivity index (χ1) is 8.06. The van der Waals surface area contributed by atoms with Crippen molar-refractivity contribution in [2.45, 2.75) is 65.0 Å². The quantitative estimate of drug-likeness (QED) is 0.875. The highest BCUT2D eigenvalue weighted by Gasteiger charge is 2.37. The highest BCUT2D eigenvalue weighted by atomic mass is 15.1. The van der Waals surface area contributed by atoms with Crippen molar-refractivity contribution < 1.29 is 0 Å². The van der Waals surface area contributed by atoms with Crippen LogP contribution in [0.15, 0.2) is 12.4 Å². The molecular weight excluding hydrogens is 210 g/mol. The van der Waals surface area contributed by atoms with E-state index in [1.807, 2.05) is 6.20 Å². The summed E-state index contributed by atoms with van der Waals surface area (Å²) in [5.74, 6) is 1.20. The largest absolute Gasteiger partial charge is 0.330 e. The van der Waals surface area contributed by atoms with E-state index in [9.17, 15) is 0 Å². The Kier molecular flexibility index (Phi) is 3.57. The lowest BCUT2D eigenvalue weighted by atomic mass is 9.71. The van der Waals surface area contributed by atoms with Crippen LogP contribution in [0.5, 0.6) is 0 Å². The molecule has 0 radical (unpaired) electrons. The molecule has 3 nitrogen and oxygen atoms in total. The zero-order valence-corrected chi connectivity index (χ0v) is 11.3. The van der Waals surface area contributed by atoms with Crippen LogP contribution >= 0.6 is 0 Å². The molecule has 2 atom stereocenters. The van der Waals surface area contributed by atoms with E-state index in [0.29, 0.717) is 6.04 Å². The predicted molar refractivity (Wildman–Crippen MR) is 70.9 cm³/mol. The van der Waals surface area contributed by atoms with Gasteiger partial charge in [0.1, 0.15) is 5.82 Å². The van der Waals surface area contributed by atoms with E-state index in [1.54, 1.807) is 0 Å². The average molecular weight is 235 g/mol. The van der Waals surface area contributed by atoms with E-state index in [4.69, 9.17) is 5.73 Å². The van der Waals surface area contributed by atoms with Gasteiger partial charge in [-0.3, -0.25) is 0 Å². The molecule has 1 aromatic heterocycles. The average Bonchev–Trinajstić information content (AvgIpc) is 2.71. The number of aryl methyl sites for hydroxylation is 1. The Morgan fingerprint density at radius 1 is 1.53 bits per heavy atom. The second kappa shape index (κ2) is 4.81.